The number of nitrogens with zero attached hydrogens (tertiary/aromatic N) is 1. The summed E-state index contributed by atoms with van der Waals surface area (Å²) >= 11 is 0. The smallest absolute Gasteiger partial charge is 0.186 e. The molecule has 1 atom stereocenters. The normalized spacial score (nSPS) is 23.6. The second-order valence-electron chi connectivity index (χ2n) is 4.56. The van der Waals surface area contributed by atoms with E-state index in [2.05, 4.69) is 0 Å². The fraction of sp³-hybridized carbons (Fsp3) is 0.0625. The molecule has 1 aliphatic rings. The van der Waals surface area contributed by atoms with Crippen molar-refractivity contribution in [1.82, 2.24) is 0 Å². The molecule has 5 heteroatoms. The standard InChI is InChI=1S/C16H10F3NS/c17-16(18,19)21(11-20)14-9-5-4-8-13(14)10-15(21)12-6-2-1-3-7-12/h1-10H. The lowest BCUT2D eigenvalue weighted by molar-refractivity contribution is -0.0360. The number of fused-ring (bicyclic) bond motifs is 1. The molecule has 0 fully saturated rings. The number of thiocyanates is 1. The molecule has 0 saturated carbocycles. The Labute approximate surface area is 121 Å². The van der Waals surface area contributed by atoms with E-state index < -0.39 is 15.5 Å². The first-order valence-electron chi connectivity index (χ1n) is 6.17. The van der Waals surface area contributed by atoms with Gasteiger partial charge in [0, 0.05) is 9.80 Å². The second kappa shape index (κ2) is 4.68. The maximum absolute atomic E-state index is 13.8. The van der Waals surface area contributed by atoms with Crippen LogP contribution in [0.3, 0.4) is 0 Å². The molecule has 106 valence electrons. The van der Waals surface area contributed by atoms with Gasteiger partial charge in [-0.25, -0.2) is 0 Å². The first-order valence-corrected chi connectivity index (χ1v) is 7.81. The van der Waals surface area contributed by atoms with Crippen LogP contribution in [0.25, 0.3) is 11.0 Å². The Balaban J connectivity index is 2.33. The molecule has 0 aliphatic carbocycles. The average molecular weight is 305 g/mol. The van der Waals surface area contributed by atoms with Gasteiger partial charge >= 0.3 is 5.51 Å². The molecule has 2 aromatic rings. The minimum absolute atomic E-state index is 0.0688. The summed E-state index contributed by atoms with van der Waals surface area (Å²) in [7, 11) is -3.70. The van der Waals surface area contributed by atoms with Crippen LogP contribution in [-0.4, -0.2) is 5.51 Å². The van der Waals surface area contributed by atoms with Gasteiger partial charge in [0.25, 0.3) is 0 Å². The van der Waals surface area contributed by atoms with Gasteiger partial charge in [-0.1, -0.05) is 48.5 Å². The number of hydrogen-bond donors (Lipinski definition) is 0. The van der Waals surface area contributed by atoms with Crippen molar-refractivity contribution in [3.63, 3.8) is 0 Å². The fourth-order valence-electron chi connectivity index (χ4n) is 2.49. The Morgan fingerprint density at radius 1 is 0.905 bits per heavy atom. The highest BCUT2D eigenvalue weighted by atomic mass is 32.3. The molecule has 0 N–H and O–H groups in total. The summed E-state index contributed by atoms with van der Waals surface area (Å²) in [6.45, 7) is 0. The van der Waals surface area contributed by atoms with Crippen molar-refractivity contribution in [2.24, 2.45) is 0 Å². The van der Waals surface area contributed by atoms with Crippen molar-refractivity contribution in [3.05, 3.63) is 65.7 Å². The van der Waals surface area contributed by atoms with Gasteiger partial charge in [0.05, 0.1) is 0 Å². The van der Waals surface area contributed by atoms with Crippen LogP contribution >= 0.6 is 10.0 Å². The predicted octanol–water partition coefficient (Wildman–Crippen LogP) is 5.36. The Morgan fingerprint density at radius 2 is 1.52 bits per heavy atom. The maximum atomic E-state index is 13.8. The summed E-state index contributed by atoms with van der Waals surface area (Å²) in [6.07, 6.45) is 1.50. The van der Waals surface area contributed by atoms with Gasteiger partial charge in [-0.05, 0) is 33.3 Å². The Hall–Kier alpha value is -2.19. The summed E-state index contributed by atoms with van der Waals surface area (Å²) in [5.74, 6) is 0. The highest BCUT2D eigenvalue weighted by molar-refractivity contribution is 8.45. The molecule has 1 unspecified atom stereocenters. The number of alkyl halides is 3. The van der Waals surface area contributed by atoms with Crippen LogP contribution in [0.1, 0.15) is 11.1 Å². The molecule has 1 nitrogen and oxygen atoms in total. The van der Waals surface area contributed by atoms with E-state index in [0.29, 0.717) is 11.1 Å². The Bertz CT molecular complexity index is 759. The molecule has 0 amide bonds. The quantitative estimate of drug-likeness (QED) is 0.650. The van der Waals surface area contributed by atoms with Gasteiger partial charge in [0.15, 0.2) is 0 Å². The number of hydrogen-bond acceptors (Lipinski definition) is 1. The molecule has 0 radical (unpaired) electrons. The maximum Gasteiger partial charge on any atom is 0.445 e. The molecular formula is C16H10F3NS. The van der Waals surface area contributed by atoms with Gasteiger partial charge in [-0.3, -0.25) is 0 Å². The van der Waals surface area contributed by atoms with Crippen LogP contribution in [0.4, 0.5) is 13.2 Å². The average Bonchev–Trinajstić information content (AvgIpc) is 2.83. The third-order valence-electron chi connectivity index (χ3n) is 3.41. The minimum atomic E-state index is -4.60. The van der Waals surface area contributed by atoms with Crippen LogP contribution in [-0.2, 0) is 0 Å². The minimum Gasteiger partial charge on any atom is -0.186 e. The van der Waals surface area contributed by atoms with Crippen LogP contribution in [0.2, 0.25) is 0 Å². The summed E-state index contributed by atoms with van der Waals surface area (Å²) in [6, 6.07) is 14.6. The van der Waals surface area contributed by atoms with Crippen LogP contribution < -0.4 is 0 Å². The van der Waals surface area contributed by atoms with E-state index in [1.165, 1.54) is 12.1 Å². The summed E-state index contributed by atoms with van der Waals surface area (Å²) < 4.78 is 41.4. The van der Waals surface area contributed by atoms with E-state index in [4.69, 9.17) is 0 Å². The summed E-state index contributed by atoms with van der Waals surface area (Å²) in [4.78, 5) is 0.151. The molecule has 0 aromatic heterocycles. The predicted molar refractivity (Wildman–Crippen MR) is 78.3 cm³/mol. The lowest BCUT2D eigenvalue weighted by Crippen LogP contribution is -2.19. The molecular weight excluding hydrogens is 295 g/mol. The van der Waals surface area contributed by atoms with Crippen molar-refractivity contribution < 1.29 is 13.2 Å². The van der Waals surface area contributed by atoms with Gasteiger partial charge in [-0.2, -0.15) is 18.4 Å². The van der Waals surface area contributed by atoms with Crippen LogP contribution in [0, 0.1) is 10.7 Å². The number of benzene rings is 2. The van der Waals surface area contributed by atoms with E-state index in [1.807, 2.05) is 0 Å². The third kappa shape index (κ3) is 1.87. The van der Waals surface area contributed by atoms with E-state index in [-0.39, 0.29) is 9.80 Å². The van der Waals surface area contributed by atoms with Crippen molar-refractivity contribution in [2.45, 2.75) is 10.4 Å². The van der Waals surface area contributed by atoms with E-state index >= 15 is 0 Å². The van der Waals surface area contributed by atoms with E-state index in [1.54, 1.807) is 53.9 Å². The fourth-order valence-corrected chi connectivity index (χ4v) is 5.08. The van der Waals surface area contributed by atoms with E-state index in [0.717, 1.165) is 0 Å². The van der Waals surface area contributed by atoms with Crippen molar-refractivity contribution in [3.8, 4) is 5.40 Å². The monoisotopic (exact) mass is 305 g/mol. The topological polar surface area (TPSA) is 23.8 Å². The molecule has 0 saturated heterocycles. The molecule has 21 heavy (non-hydrogen) atoms. The van der Waals surface area contributed by atoms with Gasteiger partial charge in [-0.15, -0.1) is 0 Å². The lowest BCUT2D eigenvalue weighted by Gasteiger charge is -2.34. The van der Waals surface area contributed by atoms with E-state index in [9.17, 15) is 18.4 Å². The molecule has 2 aromatic carbocycles. The second-order valence-corrected chi connectivity index (χ2v) is 7.31. The first-order chi connectivity index (χ1) is 10.0. The molecule has 0 spiro atoms. The zero-order valence-corrected chi connectivity index (χ0v) is 11.6. The highest BCUT2D eigenvalue weighted by Crippen LogP contribution is 2.78. The number of halogens is 3. The zero-order valence-electron chi connectivity index (χ0n) is 10.8. The van der Waals surface area contributed by atoms with Gasteiger partial charge < -0.3 is 0 Å². The van der Waals surface area contributed by atoms with Crippen molar-refractivity contribution in [2.75, 3.05) is 0 Å². The SMILES string of the molecule is N#CS1(C(F)(F)F)C(c2ccccc2)=Cc2ccccc21. The third-order valence-corrected chi connectivity index (χ3v) is 6.42. The number of rotatable bonds is 1. The summed E-state index contributed by atoms with van der Waals surface area (Å²) in [5, 5.41) is 11.1. The lowest BCUT2D eigenvalue weighted by atomic mass is 10.1. The molecule has 1 aliphatic heterocycles. The van der Waals surface area contributed by atoms with Crippen molar-refractivity contribution in [1.29, 1.82) is 5.26 Å². The van der Waals surface area contributed by atoms with Crippen LogP contribution in [0.5, 0.6) is 0 Å². The van der Waals surface area contributed by atoms with Gasteiger partial charge in [0.2, 0.25) is 0 Å². The molecule has 3 rings (SSSR count). The highest BCUT2D eigenvalue weighted by Gasteiger charge is 2.57. The summed E-state index contributed by atoms with van der Waals surface area (Å²) in [5.41, 5.74) is -3.68. The largest absolute Gasteiger partial charge is 0.445 e. The van der Waals surface area contributed by atoms with Gasteiger partial charge in [0.1, 0.15) is 5.40 Å². The zero-order chi connectivity index (χ0) is 15.1. The first kappa shape index (κ1) is 13.8. The Kier molecular flexibility index (Phi) is 3.07. The van der Waals surface area contributed by atoms with Crippen LogP contribution in [0.15, 0.2) is 59.5 Å². The number of nitriles is 1. The molecule has 0 bridgehead atoms. The van der Waals surface area contributed by atoms with Crippen molar-refractivity contribution >= 4 is 21.0 Å². The molecule has 1 heterocycles. The Morgan fingerprint density at radius 3 is 2.14 bits per heavy atom.